The van der Waals surface area contributed by atoms with Crippen molar-refractivity contribution in [3.8, 4) is 0 Å². The Kier molecular flexibility index (Phi) is 7.95. The maximum atomic E-state index is 13.3. The molecule has 3 aromatic rings. The van der Waals surface area contributed by atoms with Crippen LogP contribution in [-0.2, 0) is 14.3 Å². The Morgan fingerprint density at radius 3 is 1.90 bits per heavy atom. The molecular formula is C29H22Br2N2O7. The van der Waals surface area contributed by atoms with E-state index in [9.17, 15) is 29.3 Å². The summed E-state index contributed by atoms with van der Waals surface area (Å²) in [6.45, 7) is 0. The van der Waals surface area contributed by atoms with Gasteiger partial charge in [0.15, 0.2) is 6.10 Å². The summed E-state index contributed by atoms with van der Waals surface area (Å²) in [5, 5.41) is 11.1. The predicted octanol–water partition coefficient (Wildman–Crippen LogP) is 5.80. The molecule has 0 unspecified atom stereocenters. The number of carbonyl (C=O) groups excluding carboxylic acids is 4. The van der Waals surface area contributed by atoms with E-state index < -0.39 is 34.6 Å². The fourth-order valence-electron chi connectivity index (χ4n) is 5.07. The maximum absolute atomic E-state index is 13.3. The van der Waals surface area contributed by atoms with E-state index in [0.29, 0.717) is 24.1 Å². The molecule has 1 saturated heterocycles. The van der Waals surface area contributed by atoms with Gasteiger partial charge in [0.2, 0.25) is 17.6 Å². The van der Waals surface area contributed by atoms with Gasteiger partial charge < -0.3 is 4.74 Å². The first kappa shape index (κ1) is 27.9. The van der Waals surface area contributed by atoms with Gasteiger partial charge in [-0.05, 0) is 49.2 Å². The fourth-order valence-corrected chi connectivity index (χ4v) is 6.31. The number of esters is 1. The van der Waals surface area contributed by atoms with Crippen LogP contribution >= 0.6 is 31.9 Å². The second kappa shape index (κ2) is 11.4. The number of nitro benzene ring substituents is 1. The summed E-state index contributed by atoms with van der Waals surface area (Å²) >= 11 is 7.15. The van der Waals surface area contributed by atoms with Crippen molar-refractivity contribution < 1.29 is 28.8 Å². The minimum Gasteiger partial charge on any atom is -0.445 e. The highest BCUT2D eigenvalue weighted by Gasteiger charge is 2.52. The van der Waals surface area contributed by atoms with Crippen molar-refractivity contribution in [1.82, 2.24) is 0 Å². The summed E-state index contributed by atoms with van der Waals surface area (Å²) in [5.41, 5.74) is 0.869. The minimum atomic E-state index is -1.35. The van der Waals surface area contributed by atoms with E-state index in [1.807, 2.05) is 0 Å². The Hall–Kier alpha value is -3.70. The molecule has 1 heterocycles. The number of halogens is 2. The molecule has 0 N–H and O–H groups in total. The largest absolute Gasteiger partial charge is 0.445 e. The van der Waals surface area contributed by atoms with Gasteiger partial charge in [-0.15, -0.1) is 0 Å². The zero-order chi connectivity index (χ0) is 28.6. The molecule has 1 saturated carbocycles. The zero-order valence-corrected chi connectivity index (χ0v) is 24.0. The number of alkyl halides is 2. The van der Waals surface area contributed by atoms with E-state index in [4.69, 9.17) is 4.74 Å². The van der Waals surface area contributed by atoms with E-state index in [-0.39, 0.29) is 38.3 Å². The van der Waals surface area contributed by atoms with Gasteiger partial charge in [0.05, 0.1) is 28.0 Å². The first-order valence-electron chi connectivity index (χ1n) is 12.5. The molecule has 9 nitrogen and oxygen atoms in total. The molecule has 11 heteroatoms. The van der Waals surface area contributed by atoms with Crippen molar-refractivity contribution in [2.75, 3.05) is 4.90 Å². The number of carbonyl (C=O) groups is 4. The second-order valence-electron chi connectivity index (χ2n) is 9.64. The van der Waals surface area contributed by atoms with Crippen LogP contribution in [0.15, 0.2) is 78.9 Å². The third kappa shape index (κ3) is 5.35. The molecule has 2 amide bonds. The Bertz CT molecular complexity index is 1450. The van der Waals surface area contributed by atoms with Crippen LogP contribution in [-0.4, -0.2) is 38.1 Å². The maximum Gasteiger partial charge on any atom is 0.339 e. The third-order valence-electron chi connectivity index (χ3n) is 7.20. The van der Waals surface area contributed by atoms with Gasteiger partial charge in [0.1, 0.15) is 0 Å². The number of non-ortho nitro benzene ring substituents is 1. The first-order valence-corrected chi connectivity index (χ1v) is 14.3. The zero-order valence-electron chi connectivity index (χ0n) is 20.8. The normalized spacial score (nSPS) is 22.9. The molecule has 2 fully saturated rings. The number of ketones is 1. The number of rotatable bonds is 7. The number of hydrogen-bond donors (Lipinski definition) is 0. The lowest BCUT2D eigenvalue weighted by Gasteiger charge is -2.29. The van der Waals surface area contributed by atoms with E-state index in [0.717, 1.165) is 0 Å². The minimum absolute atomic E-state index is 0.0879. The summed E-state index contributed by atoms with van der Waals surface area (Å²) in [6.07, 6.45) is -0.258. The van der Waals surface area contributed by atoms with Gasteiger partial charge in [0, 0.05) is 32.9 Å². The number of fused-ring (bicyclic) bond motifs is 1. The summed E-state index contributed by atoms with van der Waals surface area (Å²) in [7, 11) is 0. The van der Waals surface area contributed by atoms with Crippen molar-refractivity contribution in [2.24, 2.45) is 11.8 Å². The molecule has 5 rings (SSSR count). The number of Topliss-reactive ketones (excluding diaryl/α,β-unsaturated/α-hetero) is 1. The molecule has 40 heavy (non-hydrogen) atoms. The lowest BCUT2D eigenvalue weighted by Crippen LogP contribution is -2.34. The van der Waals surface area contributed by atoms with Crippen LogP contribution in [0.3, 0.4) is 0 Å². The number of anilines is 1. The van der Waals surface area contributed by atoms with Crippen LogP contribution in [0.5, 0.6) is 0 Å². The number of nitro groups is 1. The van der Waals surface area contributed by atoms with Crippen LogP contribution in [0.2, 0.25) is 0 Å². The highest BCUT2D eigenvalue weighted by molar-refractivity contribution is 9.12. The van der Waals surface area contributed by atoms with Crippen LogP contribution in [0, 0.1) is 22.0 Å². The number of amides is 2. The highest BCUT2D eigenvalue weighted by atomic mass is 79.9. The van der Waals surface area contributed by atoms with E-state index in [2.05, 4.69) is 31.9 Å². The number of ether oxygens (including phenoxy) is 1. The molecule has 2 aliphatic rings. The van der Waals surface area contributed by atoms with Gasteiger partial charge in [-0.1, -0.05) is 62.2 Å². The van der Waals surface area contributed by atoms with Crippen molar-refractivity contribution in [1.29, 1.82) is 0 Å². The molecule has 0 radical (unpaired) electrons. The van der Waals surface area contributed by atoms with Crippen LogP contribution in [0.1, 0.15) is 45.2 Å². The molecule has 204 valence electrons. The second-order valence-corrected chi connectivity index (χ2v) is 12.0. The summed E-state index contributed by atoms with van der Waals surface area (Å²) in [6, 6.07) is 19.3. The SMILES string of the molecule is O=C(O[C@H](C(=O)c1ccccc1)c1ccc([N+](=O)[O-])cc1)c1ccc(N2C(=O)[C@H]3C[C@@H](Br)[C@@H](Br)C[C@H]3C2=O)cc1. The Morgan fingerprint density at radius 2 is 1.38 bits per heavy atom. The van der Waals surface area contributed by atoms with Crippen molar-refractivity contribution in [2.45, 2.75) is 28.6 Å². The number of hydrogen-bond acceptors (Lipinski definition) is 7. The van der Waals surface area contributed by atoms with Crippen molar-refractivity contribution >= 4 is 66.8 Å². The third-order valence-corrected chi connectivity index (χ3v) is 9.93. The lowest BCUT2D eigenvalue weighted by atomic mass is 9.81. The Morgan fingerprint density at radius 1 is 0.825 bits per heavy atom. The van der Waals surface area contributed by atoms with Crippen LogP contribution < -0.4 is 4.90 Å². The molecule has 0 spiro atoms. The molecular weight excluding hydrogens is 648 g/mol. The quantitative estimate of drug-likeness (QED) is 0.0778. The average molecular weight is 670 g/mol. The molecule has 5 atom stereocenters. The Labute approximate surface area is 245 Å². The average Bonchev–Trinajstić information content (AvgIpc) is 3.20. The van der Waals surface area contributed by atoms with Crippen LogP contribution in [0.4, 0.5) is 11.4 Å². The van der Waals surface area contributed by atoms with E-state index in [1.54, 1.807) is 30.3 Å². The van der Waals surface area contributed by atoms with Crippen molar-refractivity contribution in [3.05, 3.63) is 106 Å². The number of nitrogens with zero attached hydrogens (tertiary/aromatic N) is 2. The van der Waals surface area contributed by atoms with E-state index in [1.165, 1.54) is 53.4 Å². The van der Waals surface area contributed by atoms with Gasteiger partial charge in [0.25, 0.3) is 5.69 Å². The molecule has 0 aromatic heterocycles. The summed E-state index contributed by atoms with van der Waals surface area (Å²) in [5.74, 6) is -2.63. The first-order chi connectivity index (χ1) is 19.2. The lowest BCUT2D eigenvalue weighted by molar-refractivity contribution is -0.384. The van der Waals surface area contributed by atoms with Gasteiger partial charge in [-0.25, -0.2) is 4.79 Å². The van der Waals surface area contributed by atoms with Crippen molar-refractivity contribution in [3.63, 3.8) is 0 Å². The van der Waals surface area contributed by atoms with Crippen LogP contribution in [0.25, 0.3) is 0 Å². The van der Waals surface area contributed by atoms with Gasteiger partial charge >= 0.3 is 5.97 Å². The molecule has 0 bridgehead atoms. The number of benzene rings is 3. The topological polar surface area (TPSA) is 124 Å². The standard InChI is InChI=1S/C29H22Br2N2O7/c30-23-14-21-22(15-24(23)31)28(36)32(27(21)35)19-10-8-18(9-11-19)29(37)40-26(25(34)16-4-2-1-3-5-16)17-6-12-20(13-7-17)33(38)39/h1-13,21-24,26H,14-15H2/t21-,22+,23+,24-,26-/m0/s1. The number of imide groups is 1. The Balaban J connectivity index is 1.37. The fraction of sp³-hybridized carbons (Fsp3) is 0.241. The smallest absolute Gasteiger partial charge is 0.339 e. The van der Waals surface area contributed by atoms with Gasteiger partial charge in [-0.2, -0.15) is 0 Å². The summed E-state index contributed by atoms with van der Waals surface area (Å²) < 4.78 is 5.63. The predicted molar refractivity (Wildman–Crippen MR) is 153 cm³/mol. The highest BCUT2D eigenvalue weighted by Crippen LogP contribution is 2.44. The van der Waals surface area contributed by atoms with E-state index >= 15 is 0 Å². The monoisotopic (exact) mass is 668 g/mol. The van der Waals surface area contributed by atoms with Gasteiger partial charge in [-0.3, -0.25) is 29.4 Å². The molecule has 1 aliphatic carbocycles. The molecule has 3 aromatic carbocycles. The summed E-state index contributed by atoms with van der Waals surface area (Å²) in [4.78, 5) is 64.5. The molecule has 1 aliphatic heterocycles.